The summed E-state index contributed by atoms with van der Waals surface area (Å²) in [6.45, 7) is 0.901. The molecular formula is C24H46N12O7. The van der Waals surface area contributed by atoms with Gasteiger partial charge in [-0.1, -0.05) is 0 Å². The first-order chi connectivity index (χ1) is 20.4. The molecule has 0 aromatic heterocycles. The molecule has 7 amide bonds. The second kappa shape index (κ2) is 19.3. The number of rotatable bonds is 7. The van der Waals surface area contributed by atoms with E-state index in [9.17, 15) is 33.6 Å². The largest absolute Gasteiger partial charge is 0.354 e. The lowest BCUT2D eigenvalue weighted by molar-refractivity contribution is -0.134. The summed E-state index contributed by atoms with van der Waals surface area (Å²) in [5.41, 5.74) is 22.6. The smallest absolute Gasteiger partial charge is 0.257 e. The summed E-state index contributed by atoms with van der Waals surface area (Å²) in [5, 5.41) is 19.9. The van der Waals surface area contributed by atoms with Crippen molar-refractivity contribution >= 4 is 41.4 Å². The Morgan fingerprint density at radius 1 is 0.651 bits per heavy atom. The molecule has 0 bridgehead atoms. The third-order valence-electron chi connectivity index (χ3n) is 6.44. The number of carbonyl (C=O) groups is 7. The highest BCUT2D eigenvalue weighted by atomic mass is 16.2. The number of hydrogen-bond donors (Lipinski definition) is 12. The lowest BCUT2D eigenvalue weighted by atomic mass is 10.1. The Hall–Kier alpha value is -3.91. The van der Waals surface area contributed by atoms with Crippen LogP contribution in [0.1, 0.15) is 32.6 Å². The van der Waals surface area contributed by atoms with Crippen molar-refractivity contribution in [1.29, 1.82) is 0 Å². The van der Waals surface area contributed by atoms with Crippen LogP contribution in [0.4, 0.5) is 0 Å². The maximum absolute atomic E-state index is 12.9. The fourth-order valence-electron chi connectivity index (χ4n) is 3.97. The van der Waals surface area contributed by atoms with E-state index in [1.54, 1.807) is 0 Å². The van der Waals surface area contributed by atoms with Gasteiger partial charge in [-0.2, -0.15) is 0 Å². The molecule has 19 nitrogen and oxygen atoms in total. The van der Waals surface area contributed by atoms with Crippen LogP contribution >= 0.6 is 0 Å². The first kappa shape index (κ1) is 37.1. The van der Waals surface area contributed by atoms with Crippen LogP contribution in [0, 0.1) is 0 Å². The molecule has 1 aliphatic heterocycles. The minimum atomic E-state index is -1.59. The second-order valence-electron chi connectivity index (χ2n) is 9.83. The van der Waals surface area contributed by atoms with Crippen LogP contribution < -0.4 is 65.5 Å². The van der Waals surface area contributed by atoms with E-state index in [4.69, 9.17) is 22.9 Å². The van der Waals surface area contributed by atoms with Crippen LogP contribution in [-0.4, -0.2) is 117 Å². The summed E-state index contributed by atoms with van der Waals surface area (Å²) < 4.78 is 0. The zero-order chi connectivity index (χ0) is 32.5. The van der Waals surface area contributed by atoms with Crippen molar-refractivity contribution in [3.63, 3.8) is 0 Å². The molecule has 6 atom stereocenters. The summed E-state index contributed by atoms with van der Waals surface area (Å²) in [4.78, 5) is 89.0. The van der Waals surface area contributed by atoms with Gasteiger partial charge in [0.2, 0.25) is 35.4 Å². The van der Waals surface area contributed by atoms with Gasteiger partial charge in [-0.3, -0.25) is 33.6 Å². The van der Waals surface area contributed by atoms with E-state index >= 15 is 0 Å². The van der Waals surface area contributed by atoms with Crippen LogP contribution in [0.5, 0.6) is 0 Å². The van der Waals surface area contributed by atoms with Crippen LogP contribution in [0.15, 0.2) is 0 Å². The van der Waals surface area contributed by atoms with Gasteiger partial charge in [-0.25, -0.2) is 0 Å². The molecule has 1 aliphatic rings. The highest BCUT2D eigenvalue weighted by molar-refractivity contribution is 5.96. The minimum absolute atomic E-state index is 0.00126. The van der Waals surface area contributed by atoms with Gasteiger partial charge in [-0.05, 0) is 59.3 Å². The monoisotopic (exact) mass is 614 g/mol. The van der Waals surface area contributed by atoms with Crippen molar-refractivity contribution in [3.8, 4) is 0 Å². The molecule has 43 heavy (non-hydrogen) atoms. The van der Waals surface area contributed by atoms with Crippen molar-refractivity contribution < 1.29 is 33.6 Å². The number of likely N-dealkylation sites (N-methyl/N-ethyl adjacent to an activating group) is 1. The summed E-state index contributed by atoms with van der Waals surface area (Å²) in [6, 6.07) is -5.29. The fourth-order valence-corrected chi connectivity index (χ4v) is 3.97. The Labute approximate surface area is 249 Å². The Morgan fingerprint density at radius 3 is 1.67 bits per heavy atom. The van der Waals surface area contributed by atoms with Crippen LogP contribution in [-0.2, 0) is 33.6 Å². The molecular weight excluding hydrogens is 568 g/mol. The molecule has 0 radical (unpaired) electrons. The van der Waals surface area contributed by atoms with Gasteiger partial charge in [0.1, 0.15) is 24.2 Å². The summed E-state index contributed by atoms with van der Waals surface area (Å²) >= 11 is 0. The SMILES string of the molecule is CN[C@H]1CCNC(=O)[C@H](C)NC(=O)[C@H](CCN)NC(=O)[C@H](CCN)NC(=O)CNC(=O)[C@@H](N)NC(=O)[C@H](CCN)NC1=O. The van der Waals surface area contributed by atoms with Gasteiger partial charge >= 0.3 is 0 Å². The average molecular weight is 615 g/mol. The molecule has 244 valence electrons. The fraction of sp³-hybridized carbons (Fsp3) is 0.708. The molecule has 1 saturated heterocycles. The Kier molecular flexibility index (Phi) is 16.7. The van der Waals surface area contributed by atoms with Gasteiger partial charge in [0.05, 0.1) is 12.6 Å². The van der Waals surface area contributed by atoms with Crippen molar-refractivity contribution in [2.24, 2.45) is 22.9 Å². The molecule has 1 rings (SSSR count). The third-order valence-corrected chi connectivity index (χ3v) is 6.44. The highest BCUT2D eigenvalue weighted by Gasteiger charge is 2.30. The van der Waals surface area contributed by atoms with Crippen molar-refractivity contribution in [3.05, 3.63) is 0 Å². The first-order valence-electron chi connectivity index (χ1n) is 14.0. The summed E-state index contributed by atoms with van der Waals surface area (Å²) in [7, 11) is 1.51. The van der Waals surface area contributed by atoms with E-state index < -0.39 is 84.3 Å². The van der Waals surface area contributed by atoms with Gasteiger partial charge in [0.25, 0.3) is 5.91 Å². The molecule has 1 fully saturated rings. The van der Waals surface area contributed by atoms with Gasteiger partial charge in [0, 0.05) is 6.54 Å². The van der Waals surface area contributed by atoms with E-state index in [1.165, 1.54) is 14.0 Å². The topological polar surface area (TPSA) is 320 Å². The number of nitrogens with two attached hydrogens (primary N) is 4. The second-order valence-corrected chi connectivity index (χ2v) is 9.83. The zero-order valence-electron chi connectivity index (χ0n) is 24.5. The summed E-state index contributed by atoms with van der Waals surface area (Å²) in [5.74, 6) is -5.04. The molecule has 19 heteroatoms. The van der Waals surface area contributed by atoms with E-state index in [0.717, 1.165) is 0 Å². The molecule has 0 aromatic rings. The minimum Gasteiger partial charge on any atom is -0.354 e. The molecule has 0 aliphatic carbocycles. The molecule has 0 saturated carbocycles. The average Bonchev–Trinajstić information content (AvgIpc) is 2.96. The maximum Gasteiger partial charge on any atom is 0.257 e. The van der Waals surface area contributed by atoms with Crippen molar-refractivity contribution in [1.82, 2.24) is 42.5 Å². The van der Waals surface area contributed by atoms with E-state index in [-0.39, 0.29) is 51.9 Å². The number of carbonyl (C=O) groups excluding carboxylic acids is 7. The highest BCUT2D eigenvalue weighted by Crippen LogP contribution is 2.00. The van der Waals surface area contributed by atoms with Crippen molar-refractivity contribution in [2.75, 3.05) is 39.8 Å². The van der Waals surface area contributed by atoms with E-state index in [2.05, 4.69) is 42.5 Å². The van der Waals surface area contributed by atoms with Crippen LogP contribution in [0.25, 0.3) is 0 Å². The summed E-state index contributed by atoms with van der Waals surface area (Å²) in [6.07, 6.45) is -1.43. The van der Waals surface area contributed by atoms with Gasteiger partial charge < -0.3 is 65.5 Å². The Morgan fingerprint density at radius 2 is 1.14 bits per heavy atom. The predicted molar refractivity (Wildman–Crippen MR) is 154 cm³/mol. The number of nitrogens with one attached hydrogen (secondary N) is 8. The molecule has 0 aromatic carbocycles. The molecule has 16 N–H and O–H groups in total. The van der Waals surface area contributed by atoms with Crippen LogP contribution in [0.3, 0.4) is 0 Å². The van der Waals surface area contributed by atoms with E-state index in [0.29, 0.717) is 0 Å². The Balaban J connectivity index is 3.22. The van der Waals surface area contributed by atoms with E-state index in [1.807, 2.05) is 0 Å². The lowest BCUT2D eigenvalue weighted by Crippen LogP contribution is -2.60. The predicted octanol–water partition coefficient (Wildman–Crippen LogP) is -7.38. The van der Waals surface area contributed by atoms with Crippen LogP contribution in [0.2, 0.25) is 0 Å². The third kappa shape index (κ3) is 12.9. The number of hydrogen-bond acceptors (Lipinski definition) is 12. The zero-order valence-corrected chi connectivity index (χ0v) is 24.5. The van der Waals surface area contributed by atoms with Gasteiger partial charge in [-0.15, -0.1) is 0 Å². The first-order valence-corrected chi connectivity index (χ1v) is 14.0. The molecule has 0 unspecified atom stereocenters. The molecule has 0 spiro atoms. The maximum atomic E-state index is 12.9. The molecule has 1 heterocycles. The van der Waals surface area contributed by atoms with Crippen molar-refractivity contribution in [2.45, 2.75) is 69.0 Å². The lowest BCUT2D eigenvalue weighted by Gasteiger charge is -2.24. The number of amides is 7. The normalized spacial score (nSPS) is 27.9. The quantitative estimate of drug-likeness (QED) is 0.127. The Bertz CT molecular complexity index is 998. The van der Waals surface area contributed by atoms with Gasteiger partial charge in [0.15, 0.2) is 6.17 Å². The standard InChI is InChI=1S/C24H46N12O7/c1-12-19(38)30-10-6-13(29-2)20(39)34-16(5-9-27)23(42)36-18(28)24(43)31-11-17(37)33-14(3-7-25)22(41)35-15(4-8-26)21(40)32-12/h12-16,18,29H,3-11,25-28H2,1-2H3,(H,30,38)(H,31,43)(H,32,40)(H,33,37)(H,34,39)(H,35,41)(H,36,42)/t12-,13-,14-,15-,16-,18-/m0/s1.